The Morgan fingerprint density at radius 1 is 1.22 bits per heavy atom. The fourth-order valence-corrected chi connectivity index (χ4v) is 4.14. The molecule has 0 bridgehead atoms. The average Bonchev–Trinajstić information content (AvgIpc) is 2.81. The van der Waals surface area contributed by atoms with E-state index in [0.29, 0.717) is 48.4 Å². The number of amides is 1. The number of rotatable bonds is 5. The lowest BCUT2D eigenvalue weighted by Crippen LogP contribution is -2.47. The second-order valence-corrected chi connectivity index (χ2v) is 7.69. The van der Waals surface area contributed by atoms with Gasteiger partial charge in [0.25, 0.3) is 5.69 Å². The third kappa shape index (κ3) is 4.33. The first-order chi connectivity index (χ1) is 15.5. The molecular formula is C23H22N2O7. The fraction of sp³-hybridized carbons (Fsp3) is 0.304. The summed E-state index contributed by atoms with van der Waals surface area (Å²) in [7, 11) is 0. The molecule has 2 aliphatic rings. The quantitative estimate of drug-likeness (QED) is 0.328. The van der Waals surface area contributed by atoms with Crippen molar-refractivity contribution in [2.75, 3.05) is 13.2 Å². The van der Waals surface area contributed by atoms with Crippen molar-refractivity contribution in [3.8, 4) is 16.9 Å². The number of carbonyl (C=O) groups excluding carboxylic acids is 1. The van der Waals surface area contributed by atoms with Gasteiger partial charge in [-0.25, -0.2) is 4.79 Å². The lowest BCUT2D eigenvalue weighted by atomic mass is 9.94. The van der Waals surface area contributed by atoms with Crippen LogP contribution in [0, 0.1) is 10.1 Å². The van der Waals surface area contributed by atoms with Crippen molar-refractivity contribution in [2.24, 2.45) is 0 Å². The molecule has 2 aromatic carbocycles. The van der Waals surface area contributed by atoms with E-state index in [1.807, 2.05) is 6.07 Å². The van der Waals surface area contributed by atoms with Crippen LogP contribution in [0.1, 0.15) is 30.4 Å². The zero-order valence-corrected chi connectivity index (χ0v) is 17.2. The maximum Gasteiger partial charge on any atom is 0.326 e. The van der Waals surface area contributed by atoms with E-state index in [1.165, 1.54) is 23.1 Å². The topological polar surface area (TPSA) is 119 Å². The first-order valence-electron chi connectivity index (χ1n) is 10.4. The van der Waals surface area contributed by atoms with Gasteiger partial charge in [-0.15, -0.1) is 0 Å². The summed E-state index contributed by atoms with van der Waals surface area (Å²) >= 11 is 0. The van der Waals surface area contributed by atoms with Crippen molar-refractivity contribution in [3.05, 3.63) is 63.7 Å². The molecule has 9 nitrogen and oxygen atoms in total. The number of piperidine rings is 1. The summed E-state index contributed by atoms with van der Waals surface area (Å²) in [6.07, 6.45) is 5.33. The summed E-state index contributed by atoms with van der Waals surface area (Å²) in [6, 6.07) is 9.04. The van der Waals surface area contributed by atoms with Gasteiger partial charge in [-0.1, -0.05) is 18.2 Å². The van der Waals surface area contributed by atoms with Gasteiger partial charge in [-0.05, 0) is 48.6 Å². The minimum atomic E-state index is -1.03. The van der Waals surface area contributed by atoms with Crippen molar-refractivity contribution in [1.29, 1.82) is 0 Å². The molecular weight excluding hydrogens is 416 g/mol. The van der Waals surface area contributed by atoms with E-state index in [0.717, 1.165) is 18.4 Å². The number of fused-ring (bicyclic) bond motifs is 1. The molecule has 1 amide bonds. The highest BCUT2D eigenvalue weighted by Crippen LogP contribution is 2.37. The molecule has 0 radical (unpaired) electrons. The minimum absolute atomic E-state index is 0.0890. The summed E-state index contributed by atoms with van der Waals surface area (Å²) in [5.74, 6) is -0.885. The number of aliphatic carboxylic acids is 1. The lowest BCUT2D eigenvalue weighted by Gasteiger charge is -2.32. The third-order valence-corrected chi connectivity index (χ3v) is 5.70. The van der Waals surface area contributed by atoms with Crippen molar-refractivity contribution < 1.29 is 29.4 Å². The van der Waals surface area contributed by atoms with Crippen LogP contribution in [0.5, 0.6) is 5.75 Å². The molecule has 2 heterocycles. The third-order valence-electron chi connectivity index (χ3n) is 5.70. The number of nitro groups is 1. The molecule has 32 heavy (non-hydrogen) atoms. The molecule has 4 rings (SSSR count). The SMILES string of the molecule is O=C(O)C1CCCCN1C(=O)/C=C/c1cccc([N+](=O)[O-])c1-c1ccc2c(c1)CCOO2. The highest BCUT2D eigenvalue weighted by molar-refractivity contribution is 5.96. The number of hydrogen-bond donors (Lipinski definition) is 1. The van der Waals surface area contributed by atoms with Crippen LogP contribution in [0.2, 0.25) is 0 Å². The normalized spacial score (nSPS) is 18.1. The van der Waals surface area contributed by atoms with Crippen LogP contribution in [0.4, 0.5) is 5.69 Å². The van der Waals surface area contributed by atoms with Gasteiger partial charge in [0, 0.05) is 30.7 Å². The predicted octanol–water partition coefficient (Wildman–Crippen LogP) is 3.61. The predicted molar refractivity (Wildman–Crippen MR) is 115 cm³/mol. The maximum atomic E-state index is 12.8. The lowest BCUT2D eigenvalue weighted by molar-refractivity contribution is -0.384. The Balaban J connectivity index is 1.70. The van der Waals surface area contributed by atoms with E-state index < -0.39 is 22.8 Å². The molecule has 0 saturated carbocycles. The number of carboxylic acids is 1. The second kappa shape index (κ2) is 9.19. The van der Waals surface area contributed by atoms with E-state index >= 15 is 0 Å². The van der Waals surface area contributed by atoms with Crippen molar-refractivity contribution in [1.82, 2.24) is 4.90 Å². The van der Waals surface area contributed by atoms with Crippen molar-refractivity contribution in [3.63, 3.8) is 0 Å². The van der Waals surface area contributed by atoms with Crippen LogP contribution in [0.15, 0.2) is 42.5 Å². The molecule has 9 heteroatoms. The van der Waals surface area contributed by atoms with E-state index in [-0.39, 0.29) is 5.69 Å². The van der Waals surface area contributed by atoms with E-state index in [1.54, 1.807) is 24.3 Å². The zero-order chi connectivity index (χ0) is 22.7. The Kier molecular flexibility index (Phi) is 6.18. The van der Waals surface area contributed by atoms with Gasteiger partial charge in [0.15, 0.2) is 5.75 Å². The molecule has 1 N–H and O–H groups in total. The summed E-state index contributed by atoms with van der Waals surface area (Å²) in [5.41, 5.74) is 2.27. The van der Waals surface area contributed by atoms with Gasteiger partial charge in [0.2, 0.25) is 5.91 Å². The maximum absolute atomic E-state index is 12.8. The molecule has 166 valence electrons. The van der Waals surface area contributed by atoms with Gasteiger partial charge in [0.05, 0.1) is 17.1 Å². The van der Waals surface area contributed by atoms with Crippen LogP contribution < -0.4 is 4.89 Å². The Bertz CT molecular complexity index is 1100. The number of nitrogens with zero attached hydrogens (tertiary/aromatic N) is 2. The molecule has 1 atom stereocenters. The van der Waals surface area contributed by atoms with Gasteiger partial charge in [0.1, 0.15) is 6.04 Å². The number of carbonyl (C=O) groups is 2. The van der Waals surface area contributed by atoms with Crippen molar-refractivity contribution >= 4 is 23.6 Å². The largest absolute Gasteiger partial charge is 0.480 e. The Morgan fingerprint density at radius 2 is 2.06 bits per heavy atom. The standard InChI is InChI=1S/C23H22N2O7/c26-21(24-12-2-1-5-19(24)23(27)28)10-8-15-4-3-6-18(25(29)30)22(15)17-7-9-20-16(14-17)11-13-31-32-20/h3-4,6-10,14,19H,1-2,5,11-13H2,(H,27,28)/b10-8+. The monoisotopic (exact) mass is 438 g/mol. The van der Waals surface area contributed by atoms with E-state index in [9.17, 15) is 24.8 Å². The summed E-state index contributed by atoms with van der Waals surface area (Å²) in [5, 5.41) is 21.2. The molecule has 1 saturated heterocycles. The zero-order valence-electron chi connectivity index (χ0n) is 17.2. The van der Waals surface area contributed by atoms with Crippen LogP contribution in [-0.4, -0.2) is 46.0 Å². The molecule has 0 aromatic heterocycles. The van der Waals surface area contributed by atoms with Crippen molar-refractivity contribution in [2.45, 2.75) is 31.7 Å². The molecule has 2 aliphatic heterocycles. The first-order valence-corrected chi connectivity index (χ1v) is 10.4. The smallest absolute Gasteiger partial charge is 0.326 e. The Hall–Kier alpha value is -3.72. The highest BCUT2D eigenvalue weighted by Gasteiger charge is 2.31. The van der Waals surface area contributed by atoms with Crippen LogP contribution in [0.25, 0.3) is 17.2 Å². The number of carboxylic acid groups (broad SMARTS) is 1. The Morgan fingerprint density at radius 3 is 2.84 bits per heavy atom. The molecule has 0 aliphatic carbocycles. The highest BCUT2D eigenvalue weighted by atomic mass is 17.2. The number of nitro benzene ring substituents is 1. The molecule has 1 unspecified atom stereocenters. The Labute approximate surface area is 183 Å². The van der Waals surface area contributed by atoms with Crippen LogP contribution >= 0.6 is 0 Å². The average molecular weight is 438 g/mol. The second-order valence-electron chi connectivity index (χ2n) is 7.69. The van der Waals surface area contributed by atoms with E-state index in [4.69, 9.17) is 9.78 Å². The van der Waals surface area contributed by atoms with E-state index in [2.05, 4.69) is 0 Å². The van der Waals surface area contributed by atoms with Gasteiger partial charge in [-0.3, -0.25) is 14.9 Å². The number of hydrogen-bond acceptors (Lipinski definition) is 6. The molecule has 0 spiro atoms. The van der Waals surface area contributed by atoms with Gasteiger partial charge >= 0.3 is 5.97 Å². The molecule has 2 aromatic rings. The summed E-state index contributed by atoms with van der Waals surface area (Å²) in [4.78, 5) is 47.0. The number of benzene rings is 2. The minimum Gasteiger partial charge on any atom is -0.480 e. The van der Waals surface area contributed by atoms with Crippen LogP contribution in [-0.2, 0) is 20.9 Å². The summed E-state index contributed by atoms with van der Waals surface area (Å²) in [6.45, 7) is 0.754. The number of likely N-dealkylation sites (tertiary alicyclic amines) is 1. The van der Waals surface area contributed by atoms with Gasteiger partial charge in [-0.2, -0.15) is 4.89 Å². The molecule has 1 fully saturated rings. The first kappa shape index (κ1) is 21.5. The fourth-order valence-electron chi connectivity index (χ4n) is 4.14. The van der Waals surface area contributed by atoms with Gasteiger partial charge < -0.3 is 14.9 Å². The van der Waals surface area contributed by atoms with Crippen LogP contribution in [0.3, 0.4) is 0 Å². The summed E-state index contributed by atoms with van der Waals surface area (Å²) < 4.78 is 0.